The molecule has 0 spiro atoms. The highest BCUT2D eigenvalue weighted by Crippen LogP contribution is 2.23. The number of benzene rings is 1. The standard InChI is InChI=1S/C21H24N6O2/c1-25(2)16-4-3-11-26(12-16)21(29)15-7-5-14(6-8-15)18-10-9-17(19(22)28)20-23-13-24-27(18)20/h5-10,13,16H,3-4,11-12H2,1-2H3,(H2,22,28). The zero-order valence-electron chi connectivity index (χ0n) is 16.6. The van der Waals surface area contributed by atoms with Gasteiger partial charge in [-0.25, -0.2) is 9.50 Å². The molecular formula is C21H24N6O2. The lowest BCUT2D eigenvalue weighted by atomic mass is 10.0. The minimum Gasteiger partial charge on any atom is -0.365 e. The second kappa shape index (κ2) is 7.63. The maximum absolute atomic E-state index is 12.9. The lowest BCUT2D eigenvalue weighted by molar-refractivity contribution is 0.0635. The van der Waals surface area contributed by atoms with Gasteiger partial charge in [0.2, 0.25) is 0 Å². The highest BCUT2D eigenvalue weighted by atomic mass is 16.2. The fourth-order valence-corrected chi connectivity index (χ4v) is 3.85. The number of carbonyl (C=O) groups excluding carboxylic acids is 2. The summed E-state index contributed by atoms with van der Waals surface area (Å²) < 4.78 is 1.59. The average Bonchev–Trinajstić information content (AvgIpc) is 3.22. The average molecular weight is 392 g/mol. The number of rotatable bonds is 4. The summed E-state index contributed by atoms with van der Waals surface area (Å²) in [6, 6.07) is 11.3. The summed E-state index contributed by atoms with van der Waals surface area (Å²) >= 11 is 0. The van der Waals surface area contributed by atoms with Gasteiger partial charge in [0.1, 0.15) is 6.33 Å². The van der Waals surface area contributed by atoms with E-state index in [1.807, 2.05) is 29.2 Å². The van der Waals surface area contributed by atoms with Gasteiger partial charge in [0, 0.05) is 30.3 Å². The van der Waals surface area contributed by atoms with Crippen LogP contribution in [0.15, 0.2) is 42.7 Å². The number of likely N-dealkylation sites (tertiary alicyclic amines) is 1. The van der Waals surface area contributed by atoms with Crippen LogP contribution < -0.4 is 5.73 Å². The fourth-order valence-electron chi connectivity index (χ4n) is 3.85. The van der Waals surface area contributed by atoms with Crippen LogP contribution in [0.2, 0.25) is 0 Å². The first kappa shape index (κ1) is 19.1. The van der Waals surface area contributed by atoms with E-state index in [9.17, 15) is 9.59 Å². The van der Waals surface area contributed by atoms with Crippen molar-refractivity contribution in [1.82, 2.24) is 24.4 Å². The third-order valence-corrected chi connectivity index (χ3v) is 5.53. The van der Waals surface area contributed by atoms with Crippen molar-refractivity contribution in [2.75, 3.05) is 27.2 Å². The second-order valence-corrected chi connectivity index (χ2v) is 7.58. The molecule has 0 bridgehead atoms. The van der Waals surface area contributed by atoms with Gasteiger partial charge in [-0.15, -0.1) is 0 Å². The molecule has 2 aromatic heterocycles. The Balaban J connectivity index is 1.59. The highest BCUT2D eigenvalue weighted by Gasteiger charge is 2.25. The van der Waals surface area contributed by atoms with Crippen molar-refractivity contribution in [3.8, 4) is 11.3 Å². The minimum absolute atomic E-state index is 0.0538. The molecule has 2 N–H and O–H groups in total. The van der Waals surface area contributed by atoms with E-state index in [1.54, 1.807) is 16.6 Å². The van der Waals surface area contributed by atoms with Crippen molar-refractivity contribution in [3.63, 3.8) is 0 Å². The number of carbonyl (C=O) groups is 2. The maximum atomic E-state index is 12.9. The minimum atomic E-state index is -0.548. The first-order valence-electron chi connectivity index (χ1n) is 9.64. The number of fused-ring (bicyclic) bond motifs is 1. The van der Waals surface area contributed by atoms with E-state index in [2.05, 4.69) is 29.1 Å². The molecule has 4 rings (SSSR count). The molecule has 150 valence electrons. The van der Waals surface area contributed by atoms with Gasteiger partial charge in [-0.2, -0.15) is 5.10 Å². The van der Waals surface area contributed by atoms with Gasteiger partial charge in [-0.3, -0.25) is 9.59 Å². The molecule has 1 aliphatic rings. The third kappa shape index (κ3) is 3.58. The van der Waals surface area contributed by atoms with Crippen molar-refractivity contribution >= 4 is 17.5 Å². The number of likely N-dealkylation sites (N-methyl/N-ethyl adjacent to an activating group) is 1. The fraction of sp³-hybridized carbons (Fsp3) is 0.333. The Morgan fingerprint density at radius 2 is 1.90 bits per heavy atom. The molecule has 1 aliphatic heterocycles. The summed E-state index contributed by atoms with van der Waals surface area (Å²) in [5.41, 5.74) is 8.46. The number of nitrogens with zero attached hydrogens (tertiary/aromatic N) is 5. The van der Waals surface area contributed by atoms with E-state index in [0.717, 1.165) is 37.2 Å². The van der Waals surface area contributed by atoms with Crippen molar-refractivity contribution in [2.24, 2.45) is 5.73 Å². The van der Waals surface area contributed by atoms with Crippen LogP contribution in [0.4, 0.5) is 0 Å². The normalized spacial score (nSPS) is 17.1. The molecule has 0 saturated carbocycles. The van der Waals surface area contributed by atoms with Gasteiger partial charge in [-0.1, -0.05) is 12.1 Å². The summed E-state index contributed by atoms with van der Waals surface area (Å²) in [6.07, 6.45) is 3.52. The van der Waals surface area contributed by atoms with Crippen molar-refractivity contribution in [2.45, 2.75) is 18.9 Å². The predicted molar refractivity (Wildman–Crippen MR) is 110 cm³/mol. The Hall–Kier alpha value is -3.26. The molecule has 1 fully saturated rings. The first-order valence-corrected chi connectivity index (χ1v) is 9.64. The van der Waals surface area contributed by atoms with E-state index in [-0.39, 0.29) is 5.91 Å². The van der Waals surface area contributed by atoms with Gasteiger partial charge < -0.3 is 15.5 Å². The maximum Gasteiger partial charge on any atom is 0.253 e. The Kier molecular flexibility index (Phi) is 5.02. The molecular weight excluding hydrogens is 368 g/mol. The molecule has 1 saturated heterocycles. The SMILES string of the molecule is CN(C)C1CCCN(C(=O)c2ccc(-c3ccc(C(N)=O)c4ncnn34)cc2)C1. The molecule has 29 heavy (non-hydrogen) atoms. The Bertz CT molecular complexity index is 1060. The molecule has 0 radical (unpaired) electrons. The van der Waals surface area contributed by atoms with Gasteiger partial charge in [0.15, 0.2) is 5.65 Å². The smallest absolute Gasteiger partial charge is 0.253 e. The van der Waals surface area contributed by atoms with E-state index >= 15 is 0 Å². The van der Waals surface area contributed by atoms with Crippen molar-refractivity contribution in [1.29, 1.82) is 0 Å². The number of hydrogen-bond acceptors (Lipinski definition) is 5. The summed E-state index contributed by atoms with van der Waals surface area (Å²) in [5.74, 6) is -0.494. The van der Waals surface area contributed by atoms with Crippen LogP contribution in [0.25, 0.3) is 16.9 Å². The molecule has 0 aliphatic carbocycles. The van der Waals surface area contributed by atoms with Gasteiger partial charge >= 0.3 is 0 Å². The van der Waals surface area contributed by atoms with Gasteiger partial charge in [0.25, 0.3) is 11.8 Å². The zero-order chi connectivity index (χ0) is 20.5. The highest BCUT2D eigenvalue weighted by molar-refractivity contribution is 5.99. The van der Waals surface area contributed by atoms with Crippen LogP contribution in [0.3, 0.4) is 0 Å². The lowest BCUT2D eigenvalue weighted by Crippen LogP contribution is -2.47. The Morgan fingerprint density at radius 1 is 1.14 bits per heavy atom. The molecule has 3 aromatic rings. The number of pyridine rings is 1. The van der Waals surface area contributed by atoms with E-state index in [1.165, 1.54) is 6.33 Å². The number of aromatic nitrogens is 3. The topological polar surface area (TPSA) is 96.8 Å². The summed E-state index contributed by atoms with van der Waals surface area (Å²) in [6.45, 7) is 1.54. The first-order chi connectivity index (χ1) is 14.0. The summed E-state index contributed by atoms with van der Waals surface area (Å²) in [4.78, 5) is 32.8. The van der Waals surface area contributed by atoms with Crippen LogP contribution in [0.5, 0.6) is 0 Å². The number of nitrogens with two attached hydrogens (primary N) is 1. The van der Waals surface area contributed by atoms with Crippen LogP contribution in [-0.2, 0) is 0 Å². The molecule has 2 amide bonds. The molecule has 8 nitrogen and oxygen atoms in total. The Labute approximate surface area is 168 Å². The molecule has 1 aromatic carbocycles. The second-order valence-electron chi connectivity index (χ2n) is 7.58. The van der Waals surface area contributed by atoms with Gasteiger partial charge in [-0.05, 0) is 51.2 Å². The molecule has 1 atom stereocenters. The van der Waals surface area contributed by atoms with E-state index in [4.69, 9.17) is 5.73 Å². The molecule has 8 heteroatoms. The monoisotopic (exact) mass is 392 g/mol. The Morgan fingerprint density at radius 3 is 2.59 bits per heavy atom. The van der Waals surface area contributed by atoms with Crippen molar-refractivity contribution < 1.29 is 9.59 Å². The number of primary amides is 1. The molecule has 3 heterocycles. The largest absolute Gasteiger partial charge is 0.365 e. The summed E-state index contributed by atoms with van der Waals surface area (Å²) in [7, 11) is 4.11. The zero-order valence-corrected chi connectivity index (χ0v) is 16.6. The number of piperidine rings is 1. The molecule has 1 unspecified atom stereocenters. The predicted octanol–water partition coefficient (Wildman–Crippen LogP) is 1.66. The third-order valence-electron chi connectivity index (χ3n) is 5.53. The van der Waals surface area contributed by atoms with Crippen LogP contribution >= 0.6 is 0 Å². The van der Waals surface area contributed by atoms with E-state index < -0.39 is 5.91 Å². The van der Waals surface area contributed by atoms with Gasteiger partial charge in [0.05, 0.1) is 11.3 Å². The van der Waals surface area contributed by atoms with Crippen LogP contribution in [0.1, 0.15) is 33.6 Å². The lowest BCUT2D eigenvalue weighted by Gasteiger charge is -2.36. The van der Waals surface area contributed by atoms with E-state index in [0.29, 0.717) is 22.8 Å². The quantitative estimate of drug-likeness (QED) is 0.728. The summed E-state index contributed by atoms with van der Waals surface area (Å²) in [5, 5.41) is 4.21. The van der Waals surface area contributed by atoms with Crippen LogP contribution in [0, 0.1) is 0 Å². The number of hydrogen-bond donors (Lipinski definition) is 1. The van der Waals surface area contributed by atoms with Crippen LogP contribution in [-0.4, -0.2) is 69.4 Å². The van der Waals surface area contributed by atoms with Crippen molar-refractivity contribution in [3.05, 3.63) is 53.9 Å². The number of amides is 2.